The predicted octanol–water partition coefficient (Wildman–Crippen LogP) is 1.04. The van der Waals surface area contributed by atoms with Crippen LogP contribution >= 0.6 is 0 Å². The van der Waals surface area contributed by atoms with Gasteiger partial charge in [0.1, 0.15) is 11.6 Å². The molecule has 0 saturated carbocycles. The van der Waals surface area contributed by atoms with Crippen molar-refractivity contribution in [1.29, 1.82) is 0 Å². The molecule has 1 aromatic rings. The Morgan fingerprint density at radius 1 is 1.04 bits per heavy atom. The van der Waals surface area contributed by atoms with Gasteiger partial charge in [-0.3, -0.25) is 4.90 Å². The van der Waals surface area contributed by atoms with Crippen LogP contribution in [0.2, 0.25) is 0 Å². The fraction of sp³-hybridized carbons (Fsp3) is 0.833. The molecule has 4 heterocycles. The lowest BCUT2D eigenvalue weighted by Crippen LogP contribution is -2.46. The molecule has 3 aliphatic rings. The minimum absolute atomic E-state index is 0.211. The van der Waals surface area contributed by atoms with Gasteiger partial charge in [0.25, 0.3) is 0 Å². The third-order valence-electron chi connectivity index (χ3n) is 5.90. The average molecular weight is 362 g/mol. The third kappa shape index (κ3) is 3.71. The topological polar surface area (TPSA) is 66.7 Å². The van der Waals surface area contributed by atoms with Crippen LogP contribution in [0.25, 0.3) is 0 Å². The summed E-state index contributed by atoms with van der Waals surface area (Å²) in [7, 11) is 2.06. The van der Waals surface area contributed by atoms with Crippen LogP contribution in [0.1, 0.15) is 43.3 Å². The minimum Gasteiger partial charge on any atom is -0.379 e. The largest absolute Gasteiger partial charge is 0.379 e. The van der Waals surface area contributed by atoms with Gasteiger partial charge in [-0.05, 0) is 25.7 Å². The van der Waals surface area contributed by atoms with E-state index in [0.717, 1.165) is 96.4 Å². The Bertz CT molecular complexity index is 621. The molecule has 4 rings (SSSR count). The van der Waals surface area contributed by atoms with E-state index in [2.05, 4.69) is 26.7 Å². The maximum absolute atomic E-state index is 12.7. The van der Waals surface area contributed by atoms with E-state index in [0.29, 0.717) is 0 Å². The van der Waals surface area contributed by atoms with Crippen LogP contribution in [0, 0.1) is 0 Å². The number of amides is 2. The normalized spacial score (nSPS) is 25.0. The molecule has 0 spiro atoms. The molecule has 0 N–H and O–H groups in total. The Kier molecular flexibility index (Phi) is 5.40. The van der Waals surface area contributed by atoms with Crippen LogP contribution in [-0.2, 0) is 18.3 Å². The molecule has 0 radical (unpaired) electrons. The Morgan fingerprint density at radius 3 is 2.54 bits per heavy atom. The maximum atomic E-state index is 12.7. The smallest absolute Gasteiger partial charge is 0.320 e. The molecule has 8 nitrogen and oxygen atoms in total. The quantitative estimate of drug-likeness (QED) is 0.804. The summed E-state index contributed by atoms with van der Waals surface area (Å²) in [5.74, 6) is 2.31. The molecular weight excluding hydrogens is 332 g/mol. The molecule has 26 heavy (non-hydrogen) atoms. The number of ether oxygens (including phenoxy) is 1. The van der Waals surface area contributed by atoms with Gasteiger partial charge < -0.3 is 19.1 Å². The monoisotopic (exact) mass is 362 g/mol. The van der Waals surface area contributed by atoms with Crippen LogP contribution in [0.4, 0.5) is 4.79 Å². The van der Waals surface area contributed by atoms with Crippen molar-refractivity contribution in [3.63, 3.8) is 0 Å². The molecule has 1 aromatic heterocycles. The standard InChI is InChI=1S/C18H30N6O2/c1-21-16(14-22-9-11-26-12-10-22)19-20-17(21)15-5-4-8-24(13-15)18(25)23-6-2-3-7-23/h15H,2-14H2,1H3/t15-/m1/s1. The summed E-state index contributed by atoms with van der Waals surface area (Å²) in [5.41, 5.74) is 0. The van der Waals surface area contributed by atoms with Crippen molar-refractivity contribution in [1.82, 2.24) is 29.5 Å². The van der Waals surface area contributed by atoms with E-state index in [1.165, 1.54) is 0 Å². The summed E-state index contributed by atoms with van der Waals surface area (Å²) in [6, 6.07) is 0.211. The van der Waals surface area contributed by atoms with E-state index in [1.807, 2.05) is 9.80 Å². The zero-order chi connectivity index (χ0) is 17.9. The van der Waals surface area contributed by atoms with Crippen LogP contribution in [0.5, 0.6) is 0 Å². The molecule has 3 fully saturated rings. The highest BCUT2D eigenvalue weighted by Crippen LogP contribution is 2.27. The van der Waals surface area contributed by atoms with Crippen molar-refractivity contribution in [2.75, 3.05) is 52.5 Å². The van der Waals surface area contributed by atoms with E-state index in [9.17, 15) is 4.79 Å². The number of piperidine rings is 1. The molecule has 0 aromatic carbocycles. The average Bonchev–Trinajstić information content (AvgIpc) is 3.33. The lowest BCUT2D eigenvalue weighted by atomic mass is 9.97. The number of carbonyl (C=O) groups excluding carboxylic acids is 1. The van der Waals surface area contributed by atoms with E-state index in [1.54, 1.807) is 0 Å². The first kappa shape index (κ1) is 17.7. The number of rotatable bonds is 3. The van der Waals surface area contributed by atoms with Crippen LogP contribution in [0.15, 0.2) is 0 Å². The highest BCUT2D eigenvalue weighted by atomic mass is 16.5. The second-order valence-corrected chi connectivity index (χ2v) is 7.68. The summed E-state index contributed by atoms with van der Waals surface area (Å²) in [6.07, 6.45) is 4.39. The Morgan fingerprint density at radius 2 is 1.77 bits per heavy atom. The number of hydrogen-bond donors (Lipinski definition) is 0. The van der Waals surface area contributed by atoms with Gasteiger partial charge in [-0.2, -0.15) is 0 Å². The SMILES string of the molecule is Cn1c(CN2CCOCC2)nnc1[C@@H]1CCCN(C(=O)N2CCCC2)C1. The number of hydrogen-bond acceptors (Lipinski definition) is 5. The molecular formula is C18H30N6O2. The number of likely N-dealkylation sites (tertiary alicyclic amines) is 2. The van der Waals surface area contributed by atoms with Gasteiger partial charge in [-0.1, -0.05) is 0 Å². The first-order valence-corrected chi connectivity index (χ1v) is 9.94. The van der Waals surface area contributed by atoms with Crippen LogP contribution in [-0.4, -0.2) is 88.0 Å². The van der Waals surface area contributed by atoms with Crippen molar-refractivity contribution in [2.45, 2.75) is 38.1 Å². The molecule has 2 amide bonds. The van der Waals surface area contributed by atoms with Gasteiger partial charge >= 0.3 is 6.03 Å². The number of nitrogens with zero attached hydrogens (tertiary/aromatic N) is 6. The second-order valence-electron chi connectivity index (χ2n) is 7.68. The van der Waals surface area contributed by atoms with Gasteiger partial charge in [0.2, 0.25) is 0 Å². The first-order valence-electron chi connectivity index (χ1n) is 9.94. The lowest BCUT2D eigenvalue weighted by Gasteiger charge is -2.34. The van der Waals surface area contributed by atoms with Gasteiger partial charge in [0, 0.05) is 52.2 Å². The van der Waals surface area contributed by atoms with Crippen molar-refractivity contribution in [3.8, 4) is 0 Å². The predicted molar refractivity (Wildman–Crippen MR) is 96.9 cm³/mol. The highest BCUT2D eigenvalue weighted by molar-refractivity contribution is 5.74. The molecule has 1 atom stereocenters. The Labute approximate surface area is 155 Å². The first-order chi connectivity index (χ1) is 12.7. The number of morpholine rings is 1. The molecule has 8 heteroatoms. The molecule has 144 valence electrons. The second kappa shape index (κ2) is 7.92. The van der Waals surface area contributed by atoms with E-state index in [4.69, 9.17) is 4.74 Å². The summed E-state index contributed by atoms with van der Waals surface area (Å²) in [6.45, 7) is 7.75. The number of urea groups is 1. The van der Waals surface area contributed by atoms with Crippen molar-refractivity contribution in [2.24, 2.45) is 7.05 Å². The van der Waals surface area contributed by atoms with E-state index >= 15 is 0 Å². The Balaban J connectivity index is 1.41. The van der Waals surface area contributed by atoms with Crippen molar-refractivity contribution < 1.29 is 9.53 Å². The summed E-state index contributed by atoms with van der Waals surface area (Å²) >= 11 is 0. The van der Waals surface area contributed by atoms with Gasteiger partial charge in [0.15, 0.2) is 0 Å². The van der Waals surface area contributed by atoms with Gasteiger partial charge in [0.05, 0.1) is 19.8 Å². The zero-order valence-corrected chi connectivity index (χ0v) is 15.8. The van der Waals surface area contributed by atoms with E-state index < -0.39 is 0 Å². The number of aromatic nitrogens is 3. The molecule has 0 unspecified atom stereocenters. The third-order valence-corrected chi connectivity index (χ3v) is 5.90. The summed E-state index contributed by atoms with van der Waals surface area (Å²) in [5, 5.41) is 8.95. The van der Waals surface area contributed by atoms with Crippen LogP contribution in [0.3, 0.4) is 0 Å². The zero-order valence-electron chi connectivity index (χ0n) is 15.8. The highest BCUT2D eigenvalue weighted by Gasteiger charge is 2.31. The van der Waals surface area contributed by atoms with Crippen molar-refractivity contribution in [3.05, 3.63) is 11.6 Å². The lowest BCUT2D eigenvalue weighted by molar-refractivity contribution is 0.0326. The minimum atomic E-state index is 0.211. The molecule has 3 saturated heterocycles. The fourth-order valence-electron chi connectivity index (χ4n) is 4.30. The number of carbonyl (C=O) groups is 1. The van der Waals surface area contributed by atoms with E-state index in [-0.39, 0.29) is 11.9 Å². The van der Waals surface area contributed by atoms with Crippen molar-refractivity contribution >= 4 is 6.03 Å². The molecule has 0 aliphatic carbocycles. The van der Waals surface area contributed by atoms with Gasteiger partial charge in [-0.15, -0.1) is 10.2 Å². The summed E-state index contributed by atoms with van der Waals surface area (Å²) in [4.78, 5) is 19.1. The fourth-order valence-corrected chi connectivity index (χ4v) is 4.30. The molecule has 0 bridgehead atoms. The maximum Gasteiger partial charge on any atom is 0.320 e. The molecule has 3 aliphatic heterocycles. The summed E-state index contributed by atoms with van der Waals surface area (Å²) < 4.78 is 7.56. The van der Waals surface area contributed by atoms with Crippen LogP contribution < -0.4 is 0 Å². The van der Waals surface area contributed by atoms with Gasteiger partial charge in [-0.25, -0.2) is 4.79 Å². The Hall–Kier alpha value is -1.67.